The molecule has 0 saturated carbocycles. The maximum Gasteiger partial charge on any atom is 0.253 e. The molecule has 0 bridgehead atoms. The van der Waals surface area contributed by atoms with Crippen LogP contribution in [0.15, 0.2) is 16.3 Å². The maximum atomic E-state index is 12.7. The zero-order valence-electron chi connectivity index (χ0n) is 13.7. The first-order chi connectivity index (χ1) is 11.0. The second kappa shape index (κ2) is 8.23. The molecule has 1 atom stereocenters. The summed E-state index contributed by atoms with van der Waals surface area (Å²) in [5.74, 6) is -0.197. The van der Waals surface area contributed by atoms with Gasteiger partial charge in [-0.2, -0.15) is 4.31 Å². The number of carbonyl (C=O) groups excluding carboxylic acids is 1. The van der Waals surface area contributed by atoms with Gasteiger partial charge in [0.05, 0.1) is 0 Å². The van der Waals surface area contributed by atoms with Crippen LogP contribution in [0, 0.1) is 6.92 Å². The van der Waals surface area contributed by atoms with Crippen LogP contribution >= 0.6 is 11.3 Å². The van der Waals surface area contributed by atoms with Crippen molar-refractivity contribution in [1.82, 2.24) is 14.9 Å². The summed E-state index contributed by atoms with van der Waals surface area (Å²) in [4.78, 5) is 13.3. The van der Waals surface area contributed by atoms with Gasteiger partial charge in [0, 0.05) is 24.5 Å². The summed E-state index contributed by atoms with van der Waals surface area (Å²) in [7, 11) is -3.58. The van der Waals surface area contributed by atoms with Gasteiger partial charge in [-0.1, -0.05) is 6.92 Å². The zero-order chi connectivity index (χ0) is 16.9. The van der Waals surface area contributed by atoms with Crippen molar-refractivity contribution in [3.8, 4) is 0 Å². The van der Waals surface area contributed by atoms with Crippen molar-refractivity contribution in [3.05, 3.63) is 17.0 Å². The summed E-state index contributed by atoms with van der Waals surface area (Å²) >= 11 is 1.25. The van der Waals surface area contributed by atoms with E-state index < -0.39 is 16.1 Å². The zero-order valence-corrected chi connectivity index (χ0v) is 15.3. The normalized spacial score (nSPS) is 19.1. The number of nitrogens with one attached hydrogen (secondary N) is 2. The van der Waals surface area contributed by atoms with E-state index in [2.05, 4.69) is 17.6 Å². The fourth-order valence-electron chi connectivity index (χ4n) is 2.65. The number of rotatable bonds is 8. The molecule has 0 radical (unpaired) electrons. The van der Waals surface area contributed by atoms with Crippen molar-refractivity contribution in [2.45, 2.75) is 43.4 Å². The summed E-state index contributed by atoms with van der Waals surface area (Å²) in [6, 6.07) is 2.83. The lowest BCUT2D eigenvalue weighted by Crippen LogP contribution is -2.47. The Morgan fingerprint density at radius 1 is 1.35 bits per heavy atom. The Hall–Kier alpha value is -0.960. The molecule has 2 N–H and O–H groups in total. The van der Waals surface area contributed by atoms with Crippen LogP contribution in [-0.2, 0) is 14.8 Å². The molecule has 1 unspecified atom stereocenters. The SMILES string of the molecule is CCCNCCNC(=O)C1CCCN1S(=O)(=O)c1ccc(C)s1. The van der Waals surface area contributed by atoms with Crippen LogP contribution in [0.4, 0.5) is 0 Å². The molecular weight excluding hydrogens is 334 g/mol. The van der Waals surface area contributed by atoms with Crippen LogP contribution in [0.3, 0.4) is 0 Å². The molecular formula is C15H25N3O3S2. The first kappa shape index (κ1) is 18.4. The molecule has 1 saturated heterocycles. The maximum absolute atomic E-state index is 12.7. The van der Waals surface area contributed by atoms with E-state index in [4.69, 9.17) is 0 Å². The summed E-state index contributed by atoms with van der Waals surface area (Å²) in [6.07, 6.45) is 2.34. The smallest absolute Gasteiger partial charge is 0.253 e. The molecule has 8 heteroatoms. The molecule has 2 heterocycles. The van der Waals surface area contributed by atoms with E-state index in [-0.39, 0.29) is 5.91 Å². The minimum atomic E-state index is -3.58. The van der Waals surface area contributed by atoms with E-state index in [0.29, 0.717) is 30.3 Å². The minimum Gasteiger partial charge on any atom is -0.353 e. The van der Waals surface area contributed by atoms with Crippen LogP contribution in [0.5, 0.6) is 0 Å². The van der Waals surface area contributed by atoms with Crippen LogP contribution < -0.4 is 10.6 Å². The Morgan fingerprint density at radius 3 is 2.78 bits per heavy atom. The van der Waals surface area contributed by atoms with Gasteiger partial charge in [-0.25, -0.2) is 8.42 Å². The highest BCUT2D eigenvalue weighted by molar-refractivity contribution is 7.91. The monoisotopic (exact) mass is 359 g/mol. The standard InChI is InChI=1S/C15H25N3O3S2/c1-3-8-16-9-10-17-15(19)13-5-4-11-18(13)23(20,21)14-7-6-12(2)22-14/h6-7,13,16H,3-5,8-11H2,1-2H3,(H,17,19). The number of aryl methyl sites for hydroxylation is 1. The van der Waals surface area contributed by atoms with E-state index >= 15 is 0 Å². The van der Waals surface area contributed by atoms with E-state index in [9.17, 15) is 13.2 Å². The molecule has 0 aromatic carbocycles. The van der Waals surface area contributed by atoms with Crippen LogP contribution in [0.25, 0.3) is 0 Å². The molecule has 1 aromatic rings. The number of nitrogens with zero attached hydrogens (tertiary/aromatic N) is 1. The predicted molar refractivity (Wildman–Crippen MR) is 92.1 cm³/mol. The van der Waals surface area contributed by atoms with Crippen molar-refractivity contribution in [3.63, 3.8) is 0 Å². The van der Waals surface area contributed by atoms with Gasteiger partial charge < -0.3 is 10.6 Å². The summed E-state index contributed by atoms with van der Waals surface area (Å²) < 4.78 is 27.1. The Labute approximate surface area is 142 Å². The first-order valence-corrected chi connectivity index (χ1v) is 10.3. The molecule has 1 aliphatic heterocycles. The molecule has 1 fully saturated rings. The molecule has 1 aliphatic rings. The van der Waals surface area contributed by atoms with Crippen LogP contribution in [0.2, 0.25) is 0 Å². The average molecular weight is 360 g/mol. The van der Waals surface area contributed by atoms with Crippen LogP contribution in [-0.4, -0.2) is 50.9 Å². The van der Waals surface area contributed by atoms with Gasteiger partial charge in [0.2, 0.25) is 5.91 Å². The number of carbonyl (C=O) groups is 1. The number of hydrogen-bond donors (Lipinski definition) is 2. The lowest BCUT2D eigenvalue weighted by atomic mass is 10.2. The second-order valence-corrected chi connectivity index (χ2v) is 9.09. The summed E-state index contributed by atoms with van der Waals surface area (Å²) in [6.45, 7) is 6.49. The molecule has 6 nitrogen and oxygen atoms in total. The van der Waals surface area contributed by atoms with Gasteiger partial charge in [-0.3, -0.25) is 4.79 Å². The largest absolute Gasteiger partial charge is 0.353 e. The Bertz CT molecular complexity index is 628. The minimum absolute atomic E-state index is 0.197. The number of hydrogen-bond acceptors (Lipinski definition) is 5. The highest BCUT2D eigenvalue weighted by Gasteiger charge is 2.39. The Morgan fingerprint density at radius 2 is 2.13 bits per heavy atom. The van der Waals surface area contributed by atoms with Crippen LogP contribution in [0.1, 0.15) is 31.1 Å². The third-order valence-corrected chi connectivity index (χ3v) is 7.19. The molecule has 1 amide bonds. The molecule has 2 rings (SSSR count). The number of sulfonamides is 1. The number of amides is 1. The highest BCUT2D eigenvalue weighted by atomic mass is 32.2. The molecule has 130 valence electrons. The lowest BCUT2D eigenvalue weighted by molar-refractivity contribution is -0.124. The van der Waals surface area contributed by atoms with E-state index in [1.807, 2.05) is 6.92 Å². The molecule has 0 spiro atoms. The topological polar surface area (TPSA) is 78.5 Å². The van der Waals surface area contributed by atoms with Crippen molar-refractivity contribution in [1.29, 1.82) is 0 Å². The van der Waals surface area contributed by atoms with Crippen molar-refractivity contribution in [2.24, 2.45) is 0 Å². The van der Waals surface area contributed by atoms with Gasteiger partial charge in [0.15, 0.2) is 0 Å². The third-order valence-electron chi connectivity index (χ3n) is 3.81. The average Bonchev–Trinajstić information content (AvgIpc) is 3.16. The third kappa shape index (κ3) is 4.53. The van der Waals surface area contributed by atoms with Gasteiger partial charge >= 0.3 is 0 Å². The lowest BCUT2D eigenvalue weighted by Gasteiger charge is -2.22. The highest BCUT2D eigenvalue weighted by Crippen LogP contribution is 2.30. The fraction of sp³-hybridized carbons (Fsp3) is 0.667. The quantitative estimate of drug-likeness (QED) is 0.686. The fourth-order valence-corrected chi connectivity index (χ4v) is 5.72. The second-order valence-electron chi connectivity index (χ2n) is 5.68. The van der Waals surface area contributed by atoms with Gasteiger partial charge in [0.25, 0.3) is 10.0 Å². The van der Waals surface area contributed by atoms with Gasteiger partial charge in [-0.05, 0) is 44.9 Å². The van der Waals surface area contributed by atoms with Crippen molar-refractivity contribution >= 4 is 27.3 Å². The first-order valence-electron chi connectivity index (χ1n) is 8.03. The Kier molecular flexibility index (Phi) is 6.58. The van der Waals surface area contributed by atoms with Crippen molar-refractivity contribution in [2.75, 3.05) is 26.2 Å². The Balaban J connectivity index is 1.98. The van der Waals surface area contributed by atoms with Gasteiger partial charge in [0.1, 0.15) is 10.3 Å². The van der Waals surface area contributed by atoms with E-state index in [1.165, 1.54) is 15.6 Å². The molecule has 1 aromatic heterocycles. The summed E-state index contributed by atoms with van der Waals surface area (Å²) in [5, 5.41) is 6.04. The summed E-state index contributed by atoms with van der Waals surface area (Å²) in [5.41, 5.74) is 0. The predicted octanol–water partition coefficient (Wildman–Crippen LogP) is 1.33. The van der Waals surface area contributed by atoms with Crippen molar-refractivity contribution < 1.29 is 13.2 Å². The number of thiophene rings is 1. The van der Waals surface area contributed by atoms with E-state index in [1.54, 1.807) is 12.1 Å². The van der Waals surface area contributed by atoms with E-state index in [0.717, 1.165) is 24.3 Å². The molecule has 23 heavy (non-hydrogen) atoms. The van der Waals surface area contributed by atoms with Gasteiger partial charge in [-0.15, -0.1) is 11.3 Å². The molecule has 0 aliphatic carbocycles.